The quantitative estimate of drug-likeness (QED) is 0.774. The van der Waals surface area contributed by atoms with Crippen LogP contribution in [0.4, 0.5) is 0 Å². The zero-order chi connectivity index (χ0) is 16.0. The number of hydrogen-bond donors (Lipinski definition) is 1. The summed E-state index contributed by atoms with van der Waals surface area (Å²) < 4.78 is 11.3. The molecule has 0 saturated heterocycles. The van der Waals surface area contributed by atoms with E-state index in [4.69, 9.17) is 9.47 Å². The van der Waals surface area contributed by atoms with Gasteiger partial charge in [-0.2, -0.15) is 0 Å². The predicted molar refractivity (Wildman–Crippen MR) is 88.9 cm³/mol. The normalized spacial score (nSPS) is 15.0. The van der Waals surface area contributed by atoms with Gasteiger partial charge in [-0.3, -0.25) is 0 Å². The summed E-state index contributed by atoms with van der Waals surface area (Å²) in [4.78, 5) is 0. The summed E-state index contributed by atoms with van der Waals surface area (Å²) in [5.41, 5.74) is 1.14. The number of hydrogen-bond acceptors (Lipinski definition) is 3. The maximum atomic E-state index is 5.76. The minimum Gasteiger partial charge on any atom is -0.491 e. The van der Waals surface area contributed by atoms with Gasteiger partial charge in [-0.05, 0) is 65.7 Å². The monoisotopic (exact) mass is 293 g/mol. The number of methoxy groups -OCH3 is 1. The SMILES string of the molecule is COC(C)(C)CC(C)NC(C)c1cccc(OC(C)C)c1. The van der Waals surface area contributed by atoms with Crippen LogP contribution < -0.4 is 10.1 Å². The highest BCUT2D eigenvalue weighted by Gasteiger charge is 2.21. The van der Waals surface area contributed by atoms with Crippen molar-refractivity contribution in [3.63, 3.8) is 0 Å². The molecule has 0 heterocycles. The molecule has 0 spiro atoms. The maximum Gasteiger partial charge on any atom is 0.120 e. The molecule has 21 heavy (non-hydrogen) atoms. The highest BCUT2D eigenvalue weighted by Crippen LogP contribution is 2.22. The molecule has 3 heteroatoms. The molecule has 0 fully saturated rings. The lowest BCUT2D eigenvalue weighted by Crippen LogP contribution is -2.36. The van der Waals surface area contributed by atoms with Crippen molar-refractivity contribution in [2.24, 2.45) is 0 Å². The fourth-order valence-corrected chi connectivity index (χ4v) is 2.53. The molecular weight excluding hydrogens is 262 g/mol. The largest absolute Gasteiger partial charge is 0.491 e. The minimum absolute atomic E-state index is 0.102. The van der Waals surface area contributed by atoms with E-state index in [2.05, 4.69) is 51.2 Å². The van der Waals surface area contributed by atoms with Crippen LogP contribution in [0.3, 0.4) is 0 Å². The van der Waals surface area contributed by atoms with Crippen molar-refractivity contribution >= 4 is 0 Å². The Morgan fingerprint density at radius 2 is 1.81 bits per heavy atom. The second-order valence-electron chi connectivity index (χ2n) is 6.70. The van der Waals surface area contributed by atoms with Crippen LogP contribution in [0.5, 0.6) is 5.75 Å². The Kier molecular flexibility index (Phi) is 6.69. The van der Waals surface area contributed by atoms with Crippen LogP contribution in [-0.2, 0) is 4.74 Å². The topological polar surface area (TPSA) is 30.5 Å². The molecule has 0 radical (unpaired) electrons. The molecule has 0 amide bonds. The van der Waals surface area contributed by atoms with Crippen LogP contribution >= 0.6 is 0 Å². The van der Waals surface area contributed by atoms with Gasteiger partial charge in [-0.1, -0.05) is 12.1 Å². The first-order chi connectivity index (χ1) is 9.73. The molecule has 0 bridgehead atoms. The van der Waals surface area contributed by atoms with Gasteiger partial charge in [0.05, 0.1) is 11.7 Å². The van der Waals surface area contributed by atoms with Gasteiger partial charge in [0.25, 0.3) is 0 Å². The van der Waals surface area contributed by atoms with Crippen LogP contribution in [-0.4, -0.2) is 24.9 Å². The van der Waals surface area contributed by atoms with Crippen LogP contribution in [0.2, 0.25) is 0 Å². The first kappa shape index (κ1) is 18.0. The summed E-state index contributed by atoms with van der Waals surface area (Å²) in [6, 6.07) is 8.97. The average molecular weight is 293 g/mol. The van der Waals surface area contributed by atoms with E-state index in [9.17, 15) is 0 Å². The van der Waals surface area contributed by atoms with E-state index in [0.717, 1.165) is 12.2 Å². The summed E-state index contributed by atoms with van der Waals surface area (Å²) in [5.74, 6) is 0.932. The lowest BCUT2D eigenvalue weighted by molar-refractivity contribution is 0.00782. The molecule has 1 rings (SSSR count). The fourth-order valence-electron chi connectivity index (χ4n) is 2.53. The molecule has 0 aliphatic rings. The third-order valence-corrected chi connectivity index (χ3v) is 3.61. The summed E-state index contributed by atoms with van der Waals surface area (Å²) >= 11 is 0. The van der Waals surface area contributed by atoms with E-state index < -0.39 is 0 Å². The Labute approximate surface area is 130 Å². The molecule has 1 N–H and O–H groups in total. The summed E-state index contributed by atoms with van der Waals surface area (Å²) in [7, 11) is 1.77. The Balaban J connectivity index is 2.64. The Bertz CT molecular complexity index is 429. The smallest absolute Gasteiger partial charge is 0.120 e. The van der Waals surface area contributed by atoms with Crippen molar-refractivity contribution in [2.45, 2.75) is 71.8 Å². The molecule has 1 aromatic rings. The molecule has 0 saturated carbocycles. The summed E-state index contributed by atoms with van der Waals surface area (Å²) in [5, 5.41) is 3.63. The van der Waals surface area contributed by atoms with E-state index in [-0.39, 0.29) is 17.7 Å². The number of nitrogens with one attached hydrogen (secondary N) is 1. The second kappa shape index (κ2) is 7.81. The van der Waals surface area contributed by atoms with Crippen molar-refractivity contribution < 1.29 is 9.47 Å². The standard InChI is InChI=1S/C18H31NO2/c1-13(2)21-17-10-8-9-16(11-17)15(4)19-14(3)12-18(5,6)20-7/h8-11,13-15,19H,12H2,1-7H3. The number of ether oxygens (including phenoxy) is 2. The zero-order valence-electron chi connectivity index (χ0n) is 14.6. The van der Waals surface area contributed by atoms with Crippen LogP contribution in [0.1, 0.15) is 59.6 Å². The zero-order valence-corrected chi connectivity index (χ0v) is 14.6. The van der Waals surface area contributed by atoms with E-state index in [1.165, 1.54) is 5.56 Å². The van der Waals surface area contributed by atoms with Gasteiger partial charge < -0.3 is 14.8 Å². The second-order valence-corrected chi connectivity index (χ2v) is 6.70. The van der Waals surface area contributed by atoms with Crippen molar-refractivity contribution in [3.05, 3.63) is 29.8 Å². The van der Waals surface area contributed by atoms with Gasteiger partial charge in [0.1, 0.15) is 5.75 Å². The van der Waals surface area contributed by atoms with Gasteiger partial charge in [-0.15, -0.1) is 0 Å². The van der Waals surface area contributed by atoms with Crippen molar-refractivity contribution in [3.8, 4) is 5.75 Å². The molecule has 2 atom stereocenters. The molecule has 3 nitrogen and oxygen atoms in total. The lowest BCUT2D eigenvalue weighted by Gasteiger charge is -2.29. The van der Waals surface area contributed by atoms with E-state index in [1.807, 2.05) is 19.9 Å². The van der Waals surface area contributed by atoms with E-state index in [1.54, 1.807) is 7.11 Å². The van der Waals surface area contributed by atoms with Crippen LogP contribution in [0.15, 0.2) is 24.3 Å². The lowest BCUT2D eigenvalue weighted by atomic mass is 9.98. The average Bonchev–Trinajstić information content (AvgIpc) is 2.37. The van der Waals surface area contributed by atoms with Gasteiger partial charge >= 0.3 is 0 Å². The van der Waals surface area contributed by atoms with Crippen molar-refractivity contribution in [1.82, 2.24) is 5.32 Å². The minimum atomic E-state index is -0.102. The number of benzene rings is 1. The maximum absolute atomic E-state index is 5.76. The van der Waals surface area contributed by atoms with Gasteiger partial charge in [0.15, 0.2) is 0 Å². The molecule has 0 aromatic heterocycles. The predicted octanol–water partition coefficient (Wildman–Crippen LogP) is 4.33. The Morgan fingerprint density at radius 3 is 2.38 bits per heavy atom. The third-order valence-electron chi connectivity index (χ3n) is 3.61. The first-order valence-electron chi connectivity index (χ1n) is 7.81. The molecule has 2 unspecified atom stereocenters. The molecule has 1 aromatic carbocycles. The Morgan fingerprint density at radius 1 is 1.14 bits per heavy atom. The molecule has 120 valence electrons. The Hall–Kier alpha value is -1.06. The van der Waals surface area contributed by atoms with Crippen molar-refractivity contribution in [2.75, 3.05) is 7.11 Å². The third kappa shape index (κ3) is 6.49. The molecule has 0 aliphatic heterocycles. The molecule has 0 aliphatic carbocycles. The highest BCUT2D eigenvalue weighted by molar-refractivity contribution is 5.30. The van der Waals surface area contributed by atoms with Crippen LogP contribution in [0, 0.1) is 0 Å². The summed E-state index contributed by atoms with van der Waals surface area (Å²) in [6.45, 7) is 12.7. The number of rotatable bonds is 8. The van der Waals surface area contributed by atoms with Gasteiger partial charge in [0, 0.05) is 19.2 Å². The van der Waals surface area contributed by atoms with Gasteiger partial charge in [-0.25, -0.2) is 0 Å². The van der Waals surface area contributed by atoms with Gasteiger partial charge in [0.2, 0.25) is 0 Å². The van der Waals surface area contributed by atoms with E-state index >= 15 is 0 Å². The van der Waals surface area contributed by atoms with Crippen LogP contribution in [0.25, 0.3) is 0 Å². The first-order valence-corrected chi connectivity index (χ1v) is 7.81. The molecular formula is C18H31NO2. The van der Waals surface area contributed by atoms with Crippen molar-refractivity contribution in [1.29, 1.82) is 0 Å². The van der Waals surface area contributed by atoms with E-state index in [0.29, 0.717) is 6.04 Å². The summed E-state index contributed by atoms with van der Waals surface area (Å²) in [6.07, 6.45) is 1.17. The highest BCUT2D eigenvalue weighted by atomic mass is 16.5. The fraction of sp³-hybridized carbons (Fsp3) is 0.667.